The normalized spacial score (nSPS) is 10.8. The Bertz CT molecular complexity index is 292. The average Bonchev–Trinajstić information content (AvgIpc) is 1.96. The number of hydrogen-bond acceptors (Lipinski definition) is 1. The summed E-state index contributed by atoms with van der Waals surface area (Å²) >= 11 is 0. The van der Waals surface area contributed by atoms with Crippen LogP contribution in [-0.4, -0.2) is 5.11 Å². The van der Waals surface area contributed by atoms with Crippen LogP contribution >= 0.6 is 0 Å². The summed E-state index contributed by atoms with van der Waals surface area (Å²) in [7, 11) is 0. The monoisotopic (exact) mass is 168 g/mol. The molecule has 0 radical (unpaired) electrons. The Labute approximate surface area is 71.9 Å². The second kappa shape index (κ2) is 3.13. The van der Waals surface area contributed by atoms with Gasteiger partial charge >= 0.3 is 0 Å². The van der Waals surface area contributed by atoms with Crippen LogP contribution in [0.15, 0.2) is 12.1 Å². The van der Waals surface area contributed by atoms with Gasteiger partial charge in [-0.2, -0.15) is 0 Å². The van der Waals surface area contributed by atoms with Crippen molar-refractivity contribution in [2.75, 3.05) is 0 Å². The summed E-state index contributed by atoms with van der Waals surface area (Å²) in [4.78, 5) is 0. The van der Waals surface area contributed by atoms with Crippen molar-refractivity contribution in [2.24, 2.45) is 0 Å². The molecule has 0 fully saturated rings. The minimum atomic E-state index is -0.350. The SMILES string of the molecule is Cc1cc(C(C)C)c(O)cc1F. The topological polar surface area (TPSA) is 20.2 Å². The van der Waals surface area contributed by atoms with Gasteiger partial charge in [-0.3, -0.25) is 0 Å². The fourth-order valence-electron chi connectivity index (χ4n) is 1.16. The number of benzene rings is 1. The molecule has 0 heterocycles. The highest BCUT2D eigenvalue weighted by Crippen LogP contribution is 2.27. The Morgan fingerprint density at radius 1 is 1.33 bits per heavy atom. The third kappa shape index (κ3) is 1.58. The summed E-state index contributed by atoms with van der Waals surface area (Å²) < 4.78 is 12.9. The largest absolute Gasteiger partial charge is 0.508 e. The molecule has 1 nitrogen and oxygen atoms in total. The molecule has 0 amide bonds. The molecule has 0 atom stereocenters. The van der Waals surface area contributed by atoms with Crippen LogP contribution in [0.1, 0.15) is 30.9 Å². The fourth-order valence-corrected chi connectivity index (χ4v) is 1.16. The maximum absolute atomic E-state index is 12.9. The van der Waals surface area contributed by atoms with E-state index in [2.05, 4.69) is 0 Å². The van der Waals surface area contributed by atoms with Crippen LogP contribution in [0, 0.1) is 12.7 Å². The molecule has 2 heteroatoms. The van der Waals surface area contributed by atoms with E-state index in [9.17, 15) is 9.50 Å². The number of phenols is 1. The number of hydrogen-bond donors (Lipinski definition) is 1. The molecule has 1 aromatic carbocycles. The number of aromatic hydroxyl groups is 1. The third-order valence-corrected chi connectivity index (χ3v) is 1.93. The lowest BCUT2D eigenvalue weighted by molar-refractivity contribution is 0.458. The van der Waals surface area contributed by atoms with Gasteiger partial charge in [0, 0.05) is 6.07 Å². The molecule has 0 aromatic heterocycles. The predicted molar refractivity (Wildman–Crippen MR) is 46.9 cm³/mol. The Morgan fingerprint density at radius 3 is 2.42 bits per heavy atom. The Balaban J connectivity index is 3.23. The number of phenolic OH excluding ortho intramolecular Hbond substituents is 1. The van der Waals surface area contributed by atoms with Crippen molar-refractivity contribution in [3.63, 3.8) is 0 Å². The van der Waals surface area contributed by atoms with Crippen molar-refractivity contribution in [3.05, 3.63) is 29.1 Å². The van der Waals surface area contributed by atoms with Gasteiger partial charge in [0.2, 0.25) is 0 Å². The molecule has 66 valence electrons. The van der Waals surface area contributed by atoms with Crippen molar-refractivity contribution >= 4 is 0 Å². The van der Waals surface area contributed by atoms with Gasteiger partial charge in [-0.15, -0.1) is 0 Å². The zero-order chi connectivity index (χ0) is 9.30. The second-order valence-corrected chi connectivity index (χ2v) is 3.31. The summed E-state index contributed by atoms with van der Waals surface area (Å²) in [5, 5.41) is 9.35. The first kappa shape index (κ1) is 9.04. The Kier molecular flexibility index (Phi) is 2.36. The Hall–Kier alpha value is -1.05. The van der Waals surface area contributed by atoms with Crippen LogP contribution in [0.4, 0.5) is 4.39 Å². The maximum atomic E-state index is 12.9. The molecule has 1 N–H and O–H groups in total. The molecule has 0 aliphatic carbocycles. The summed E-state index contributed by atoms with van der Waals surface area (Å²) in [5.41, 5.74) is 1.38. The summed E-state index contributed by atoms with van der Waals surface area (Å²) in [6.07, 6.45) is 0. The van der Waals surface area contributed by atoms with Crippen molar-refractivity contribution in [2.45, 2.75) is 26.7 Å². The standard InChI is InChI=1S/C10H13FO/c1-6(2)8-4-7(3)9(11)5-10(8)12/h4-6,12H,1-3H3. The van der Waals surface area contributed by atoms with E-state index >= 15 is 0 Å². The summed E-state index contributed by atoms with van der Waals surface area (Å²) in [6, 6.07) is 2.86. The summed E-state index contributed by atoms with van der Waals surface area (Å²) in [6.45, 7) is 5.62. The molecule has 0 saturated carbocycles. The van der Waals surface area contributed by atoms with E-state index in [1.807, 2.05) is 13.8 Å². The van der Waals surface area contributed by atoms with Crippen LogP contribution in [0.5, 0.6) is 5.75 Å². The lowest BCUT2D eigenvalue weighted by Crippen LogP contribution is -1.91. The van der Waals surface area contributed by atoms with Crippen LogP contribution in [0.25, 0.3) is 0 Å². The minimum absolute atomic E-state index is 0.0492. The minimum Gasteiger partial charge on any atom is -0.508 e. The molecule has 0 unspecified atom stereocenters. The predicted octanol–water partition coefficient (Wildman–Crippen LogP) is 2.96. The van der Waals surface area contributed by atoms with Gasteiger partial charge in [0.05, 0.1) is 0 Å². The molecular weight excluding hydrogens is 155 g/mol. The fraction of sp³-hybridized carbons (Fsp3) is 0.400. The summed E-state index contributed by atoms with van der Waals surface area (Å²) in [5.74, 6) is -0.0747. The first-order valence-electron chi connectivity index (χ1n) is 4.01. The van der Waals surface area contributed by atoms with Crippen LogP contribution in [0.2, 0.25) is 0 Å². The molecule has 0 spiro atoms. The van der Waals surface area contributed by atoms with E-state index in [4.69, 9.17) is 0 Å². The van der Waals surface area contributed by atoms with E-state index in [1.54, 1.807) is 13.0 Å². The van der Waals surface area contributed by atoms with Gasteiger partial charge in [-0.05, 0) is 30.0 Å². The van der Waals surface area contributed by atoms with E-state index in [0.29, 0.717) is 5.56 Å². The molecular formula is C10H13FO. The zero-order valence-electron chi connectivity index (χ0n) is 7.56. The van der Waals surface area contributed by atoms with Gasteiger partial charge in [-0.1, -0.05) is 13.8 Å². The van der Waals surface area contributed by atoms with Gasteiger partial charge < -0.3 is 5.11 Å². The van der Waals surface area contributed by atoms with Crippen molar-refractivity contribution < 1.29 is 9.50 Å². The van der Waals surface area contributed by atoms with Crippen LogP contribution in [-0.2, 0) is 0 Å². The van der Waals surface area contributed by atoms with Crippen molar-refractivity contribution in [1.82, 2.24) is 0 Å². The third-order valence-electron chi connectivity index (χ3n) is 1.93. The highest BCUT2D eigenvalue weighted by molar-refractivity contribution is 5.38. The molecule has 0 saturated heterocycles. The molecule has 0 bridgehead atoms. The number of aryl methyl sites for hydroxylation is 1. The first-order chi connectivity index (χ1) is 5.52. The van der Waals surface area contributed by atoms with E-state index in [0.717, 1.165) is 5.56 Å². The number of rotatable bonds is 1. The second-order valence-electron chi connectivity index (χ2n) is 3.31. The molecule has 12 heavy (non-hydrogen) atoms. The zero-order valence-corrected chi connectivity index (χ0v) is 7.56. The first-order valence-corrected chi connectivity index (χ1v) is 4.01. The van der Waals surface area contributed by atoms with Gasteiger partial charge in [0.25, 0.3) is 0 Å². The van der Waals surface area contributed by atoms with Crippen molar-refractivity contribution in [1.29, 1.82) is 0 Å². The van der Waals surface area contributed by atoms with Gasteiger partial charge in [-0.25, -0.2) is 4.39 Å². The molecule has 1 rings (SSSR count). The van der Waals surface area contributed by atoms with Gasteiger partial charge in [0.15, 0.2) is 0 Å². The van der Waals surface area contributed by atoms with E-state index < -0.39 is 0 Å². The lowest BCUT2D eigenvalue weighted by atomic mass is 10.00. The maximum Gasteiger partial charge on any atom is 0.129 e. The Morgan fingerprint density at radius 2 is 1.92 bits per heavy atom. The van der Waals surface area contributed by atoms with Crippen molar-refractivity contribution in [3.8, 4) is 5.75 Å². The number of halogens is 1. The lowest BCUT2D eigenvalue weighted by Gasteiger charge is -2.09. The van der Waals surface area contributed by atoms with E-state index in [-0.39, 0.29) is 17.5 Å². The molecule has 0 aliphatic heterocycles. The van der Waals surface area contributed by atoms with Crippen LogP contribution in [0.3, 0.4) is 0 Å². The van der Waals surface area contributed by atoms with Crippen LogP contribution < -0.4 is 0 Å². The average molecular weight is 168 g/mol. The highest BCUT2D eigenvalue weighted by Gasteiger charge is 2.08. The highest BCUT2D eigenvalue weighted by atomic mass is 19.1. The van der Waals surface area contributed by atoms with Gasteiger partial charge in [0.1, 0.15) is 11.6 Å². The quantitative estimate of drug-likeness (QED) is 0.683. The molecule has 1 aromatic rings. The van der Waals surface area contributed by atoms with E-state index in [1.165, 1.54) is 6.07 Å². The molecule has 0 aliphatic rings. The smallest absolute Gasteiger partial charge is 0.129 e.